The molecule has 0 rings (SSSR count). The van der Waals surface area contributed by atoms with E-state index in [1.807, 2.05) is 0 Å². The van der Waals surface area contributed by atoms with Crippen LogP contribution in [0.15, 0.2) is 0 Å². The van der Waals surface area contributed by atoms with Crippen molar-refractivity contribution >= 4 is 25.7 Å². The Kier molecular flexibility index (Phi) is 4.26. The number of hydrogen-bond donors (Lipinski definition) is 1. The molecule has 0 aromatic rings. The molecule has 0 saturated carbocycles. The fourth-order valence-corrected chi connectivity index (χ4v) is 0. The van der Waals surface area contributed by atoms with Gasteiger partial charge in [0.2, 0.25) is 9.76 Å². The first kappa shape index (κ1) is 4.66. The quantitative estimate of drug-likeness (QED) is 0.399. The van der Waals surface area contributed by atoms with Crippen LogP contribution < -0.4 is 0 Å². The summed E-state index contributed by atoms with van der Waals surface area (Å²) >= 11 is 3.01. The highest BCUT2D eigenvalue weighted by Crippen LogP contribution is 1.67. The Morgan fingerprint density at radius 1 is 2.00 bits per heavy atom. The van der Waals surface area contributed by atoms with Crippen molar-refractivity contribution in [2.75, 3.05) is 4.95 Å². The number of halogens is 1. The molecule has 0 amide bonds. The van der Waals surface area contributed by atoms with Gasteiger partial charge in [0.1, 0.15) is 0 Å². The summed E-state index contributed by atoms with van der Waals surface area (Å²) in [4.78, 5) is 8.57. The van der Waals surface area contributed by atoms with Gasteiger partial charge in [-0.05, 0) is 0 Å². The molecule has 0 atom stereocenters. The topological polar surface area (TPSA) is 20.2 Å². The Morgan fingerprint density at radius 3 is 2.25 bits per heavy atom. The monoisotopic (exact) mass is 138 g/mol. The zero-order chi connectivity index (χ0) is 3.41. The standard InChI is InChI=1S/CH3BrOSi/c2-1-4-3/h3H,1H2. The maximum atomic E-state index is 7.86. The maximum absolute atomic E-state index is 7.86. The summed E-state index contributed by atoms with van der Waals surface area (Å²) in [6.45, 7) is 0. The van der Waals surface area contributed by atoms with Gasteiger partial charge in [-0.25, -0.2) is 0 Å². The third-order valence-electron chi connectivity index (χ3n) is 0.0598. The van der Waals surface area contributed by atoms with Crippen LogP contribution in [0.3, 0.4) is 0 Å². The van der Waals surface area contributed by atoms with Crippen LogP contribution in [0, 0.1) is 0 Å². The molecular weight excluding hydrogens is 136 g/mol. The zero-order valence-electron chi connectivity index (χ0n) is 2.03. The van der Waals surface area contributed by atoms with Crippen LogP contribution in [-0.4, -0.2) is 19.5 Å². The first-order valence-electron chi connectivity index (χ1n) is 0.844. The number of hydrogen-bond acceptors (Lipinski definition) is 1. The highest BCUT2D eigenvalue weighted by Gasteiger charge is 1.66. The van der Waals surface area contributed by atoms with Gasteiger partial charge in [-0.3, -0.25) is 0 Å². The molecule has 24 valence electrons. The molecule has 0 unspecified atom stereocenters. The van der Waals surface area contributed by atoms with Crippen molar-refractivity contribution in [1.82, 2.24) is 0 Å². The van der Waals surface area contributed by atoms with E-state index in [1.54, 1.807) is 0 Å². The van der Waals surface area contributed by atoms with Crippen LogP contribution in [0.5, 0.6) is 0 Å². The molecule has 0 aromatic heterocycles. The van der Waals surface area contributed by atoms with Crippen molar-refractivity contribution in [3.63, 3.8) is 0 Å². The Balaban J connectivity index is 1.97. The van der Waals surface area contributed by atoms with Crippen LogP contribution >= 0.6 is 15.9 Å². The lowest BCUT2D eigenvalue weighted by atomic mass is 11.9. The van der Waals surface area contributed by atoms with Gasteiger partial charge < -0.3 is 4.80 Å². The van der Waals surface area contributed by atoms with E-state index in [-0.39, 0.29) is 9.76 Å². The van der Waals surface area contributed by atoms with E-state index in [4.69, 9.17) is 4.80 Å². The van der Waals surface area contributed by atoms with Crippen molar-refractivity contribution in [2.24, 2.45) is 0 Å². The molecule has 0 spiro atoms. The summed E-state index contributed by atoms with van der Waals surface area (Å²) in [6, 6.07) is 0. The Morgan fingerprint density at radius 2 is 2.25 bits per heavy atom. The first-order chi connectivity index (χ1) is 1.91. The van der Waals surface area contributed by atoms with E-state index in [0.717, 1.165) is 0 Å². The van der Waals surface area contributed by atoms with Crippen molar-refractivity contribution < 1.29 is 4.80 Å². The van der Waals surface area contributed by atoms with Gasteiger partial charge in [-0.15, -0.1) is 0 Å². The minimum atomic E-state index is 0.0571. The fourth-order valence-electron chi connectivity index (χ4n) is 0. The molecule has 1 N–H and O–H groups in total. The van der Waals surface area contributed by atoms with E-state index in [1.165, 1.54) is 0 Å². The van der Waals surface area contributed by atoms with Crippen molar-refractivity contribution in [2.45, 2.75) is 0 Å². The van der Waals surface area contributed by atoms with Crippen LogP contribution in [-0.2, 0) is 0 Å². The second kappa shape index (κ2) is 3.66. The molecule has 3 heteroatoms. The molecule has 0 aliphatic carbocycles. The summed E-state index contributed by atoms with van der Waals surface area (Å²) in [5.41, 5.74) is 0. The summed E-state index contributed by atoms with van der Waals surface area (Å²) in [5, 5.41) is 0. The van der Waals surface area contributed by atoms with E-state index >= 15 is 0 Å². The van der Waals surface area contributed by atoms with E-state index in [0.29, 0.717) is 4.95 Å². The Labute approximate surface area is 36.1 Å². The molecular formula is CH3BrOSi. The van der Waals surface area contributed by atoms with Gasteiger partial charge in [-0.1, -0.05) is 15.9 Å². The predicted molar refractivity (Wildman–Crippen MR) is 21.8 cm³/mol. The van der Waals surface area contributed by atoms with E-state index in [2.05, 4.69) is 15.9 Å². The zero-order valence-corrected chi connectivity index (χ0v) is 4.62. The van der Waals surface area contributed by atoms with Gasteiger partial charge in [0.25, 0.3) is 0 Å². The Bertz CT molecular complexity index is 10.0. The smallest absolute Gasteiger partial charge is 0.235 e. The van der Waals surface area contributed by atoms with Crippen LogP contribution in [0.25, 0.3) is 0 Å². The van der Waals surface area contributed by atoms with Crippen LogP contribution in [0.1, 0.15) is 0 Å². The lowest BCUT2D eigenvalue weighted by molar-refractivity contribution is 0.609. The van der Waals surface area contributed by atoms with Crippen LogP contribution in [0.2, 0.25) is 0 Å². The van der Waals surface area contributed by atoms with Crippen LogP contribution in [0.4, 0.5) is 0 Å². The van der Waals surface area contributed by atoms with Gasteiger partial charge in [0.05, 0.1) is 0 Å². The van der Waals surface area contributed by atoms with Gasteiger partial charge >= 0.3 is 0 Å². The normalized spacial score (nSPS) is 7.50. The summed E-state index contributed by atoms with van der Waals surface area (Å²) in [6.07, 6.45) is 0. The highest BCUT2D eigenvalue weighted by molar-refractivity contribution is 9.09. The summed E-state index contributed by atoms with van der Waals surface area (Å²) < 4.78 is 0. The molecule has 0 aliphatic heterocycles. The fraction of sp³-hybridized carbons (Fsp3) is 1.00. The maximum Gasteiger partial charge on any atom is 0.235 e. The predicted octanol–water partition coefficient (Wildman–Crippen LogP) is -0.0497. The van der Waals surface area contributed by atoms with Gasteiger partial charge in [-0.2, -0.15) is 0 Å². The second-order valence-corrected chi connectivity index (χ2v) is 2.56. The molecule has 0 aliphatic rings. The number of alkyl halides is 1. The third kappa shape index (κ3) is 2.66. The molecule has 0 bridgehead atoms. The van der Waals surface area contributed by atoms with Crippen molar-refractivity contribution in [3.05, 3.63) is 0 Å². The molecule has 0 heterocycles. The SMILES string of the molecule is O[Si]CBr. The second-order valence-electron chi connectivity index (χ2n) is 0.292. The van der Waals surface area contributed by atoms with Gasteiger partial charge in [0.15, 0.2) is 0 Å². The molecule has 0 aromatic carbocycles. The highest BCUT2D eigenvalue weighted by atomic mass is 79.9. The summed E-state index contributed by atoms with van der Waals surface area (Å²) in [7, 11) is 0.0571. The Hall–Kier alpha value is 0.657. The minimum absolute atomic E-state index is 0.0571. The van der Waals surface area contributed by atoms with E-state index in [9.17, 15) is 0 Å². The first-order valence-corrected chi connectivity index (χ1v) is 3.12. The van der Waals surface area contributed by atoms with Gasteiger partial charge in [0, 0.05) is 4.95 Å². The summed E-state index contributed by atoms with van der Waals surface area (Å²) in [5.74, 6) is 0. The number of rotatable bonds is 1. The molecule has 2 radical (unpaired) electrons. The average molecular weight is 139 g/mol. The van der Waals surface area contributed by atoms with Crippen molar-refractivity contribution in [1.29, 1.82) is 0 Å². The van der Waals surface area contributed by atoms with Crippen molar-refractivity contribution in [3.8, 4) is 0 Å². The average Bonchev–Trinajstić information content (AvgIpc) is 1.37. The molecule has 0 fully saturated rings. The lowest BCUT2D eigenvalue weighted by Gasteiger charge is -1.62. The molecule has 0 saturated heterocycles. The van der Waals surface area contributed by atoms with E-state index < -0.39 is 0 Å². The lowest BCUT2D eigenvalue weighted by Crippen LogP contribution is -1.83. The molecule has 1 nitrogen and oxygen atoms in total. The third-order valence-corrected chi connectivity index (χ3v) is 0.932. The largest absolute Gasteiger partial charge is 0.431 e. The molecule has 4 heavy (non-hydrogen) atoms. The minimum Gasteiger partial charge on any atom is -0.431 e.